The first-order chi connectivity index (χ1) is 21.9. The highest BCUT2D eigenvalue weighted by atomic mass is 32.2. The van der Waals surface area contributed by atoms with Crippen LogP contribution in [0.15, 0.2) is 53.5 Å². The number of aromatic nitrogens is 6. The predicted molar refractivity (Wildman–Crippen MR) is 174 cm³/mol. The third kappa shape index (κ3) is 6.36. The van der Waals surface area contributed by atoms with E-state index >= 15 is 0 Å². The normalized spacial score (nSPS) is 12.9. The second kappa shape index (κ2) is 13.2. The molecule has 246 valence electrons. The first-order valence-electron chi connectivity index (χ1n) is 14.6. The standard InChI is InChI=1S/C30H38FN7O6SSi/c1-20(16-22-26-27(21(31)17-32-22)36(18-33-26)19-41-2)45(39,40)37(13-15-46(5,6)7)30-35-34-29(25-12-9-14-44-25)38(30)28-23(42-3)10-8-11-24(28)43-4/h8-12,14,17-18,20H,13,15-16,19H2,1-7H3/t20-/m0/s1. The zero-order valence-corrected chi connectivity index (χ0v) is 28.7. The van der Waals surface area contributed by atoms with Crippen LogP contribution in [0, 0.1) is 5.82 Å². The highest BCUT2D eigenvalue weighted by Crippen LogP contribution is 2.39. The van der Waals surface area contributed by atoms with Crippen LogP contribution in [0.1, 0.15) is 12.6 Å². The summed E-state index contributed by atoms with van der Waals surface area (Å²) in [5.41, 5.74) is 1.22. The van der Waals surface area contributed by atoms with Crippen LogP contribution in [-0.4, -0.2) is 78.9 Å². The summed E-state index contributed by atoms with van der Waals surface area (Å²) >= 11 is 0. The molecule has 1 atom stereocenters. The summed E-state index contributed by atoms with van der Waals surface area (Å²) in [6.07, 6.45) is 3.98. The Morgan fingerprint density at radius 1 is 1.04 bits per heavy atom. The molecular formula is C30H38FN7O6SSi. The number of imidazole rings is 1. The van der Waals surface area contributed by atoms with Crippen molar-refractivity contribution in [1.82, 2.24) is 29.3 Å². The van der Waals surface area contributed by atoms with Crippen LogP contribution in [0.4, 0.5) is 10.3 Å². The van der Waals surface area contributed by atoms with E-state index in [1.807, 2.05) is 0 Å². The van der Waals surface area contributed by atoms with Gasteiger partial charge in [-0.15, -0.1) is 10.2 Å². The molecule has 0 radical (unpaired) electrons. The lowest BCUT2D eigenvalue weighted by Gasteiger charge is -2.29. The number of nitrogens with zero attached hydrogens (tertiary/aromatic N) is 7. The van der Waals surface area contributed by atoms with Gasteiger partial charge < -0.3 is 23.2 Å². The Hall–Kier alpha value is -4.28. The third-order valence-electron chi connectivity index (χ3n) is 7.54. The van der Waals surface area contributed by atoms with E-state index < -0.39 is 29.2 Å². The Kier molecular flexibility index (Phi) is 9.51. The fourth-order valence-electron chi connectivity index (χ4n) is 5.12. The van der Waals surface area contributed by atoms with Gasteiger partial charge in [0.2, 0.25) is 21.8 Å². The molecule has 0 amide bonds. The first-order valence-corrected chi connectivity index (χ1v) is 19.8. The number of benzene rings is 1. The van der Waals surface area contributed by atoms with Gasteiger partial charge in [0.25, 0.3) is 0 Å². The summed E-state index contributed by atoms with van der Waals surface area (Å²) in [7, 11) is -1.41. The lowest BCUT2D eigenvalue weighted by molar-refractivity contribution is 0.134. The molecule has 0 fully saturated rings. The van der Waals surface area contributed by atoms with Crippen LogP contribution in [-0.2, 0) is 27.9 Å². The van der Waals surface area contributed by atoms with Gasteiger partial charge in [0, 0.05) is 28.1 Å². The lowest BCUT2D eigenvalue weighted by atomic mass is 10.2. The van der Waals surface area contributed by atoms with E-state index in [-0.39, 0.29) is 42.5 Å². The molecule has 0 unspecified atom stereocenters. The van der Waals surface area contributed by atoms with Crippen LogP contribution in [0.2, 0.25) is 25.7 Å². The number of para-hydroxylation sites is 1. The van der Waals surface area contributed by atoms with Crippen molar-refractivity contribution in [2.24, 2.45) is 0 Å². The number of halogens is 1. The van der Waals surface area contributed by atoms with Crippen LogP contribution in [0.5, 0.6) is 11.5 Å². The van der Waals surface area contributed by atoms with Gasteiger partial charge in [0.05, 0.1) is 44.0 Å². The van der Waals surface area contributed by atoms with Crippen molar-refractivity contribution in [2.45, 2.75) is 51.0 Å². The summed E-state index contributed by atoms with van der Waals surface area (Å²) in [4.78, 5) is 8.59. The number of methoxy groups -OCH3 is 3. The highest BCUT2D eigenvalue weighted by molar-refractivity contribution is 7.93. The molecule has 0 saturated heterocycles. The highest BCUT2D eigenvalue weighted by Gasteiger charge is 2.37. The Morgan fingerprint density at radius 2 is 1.76 bits per heavy atom. The monoisotopic (exact) mass is 671 g/mol. The van der Waals surface area contributed by atoms with Gasteiger partial charge in [-0.05, 0) is 37.2 Å². The number of hydrogen-bond acceptors (Lipinski definition) is 10. The number of hydrogen-bond donors (Lipinski definition) is 0. The molecular weight excluding hydrogens is 634 g/mol. The van der Waals surface area contributed by atoms with Crippen LogP contribution in [0.25, 0.3) is 28.3 Å². The van der Waals surface area contributed by atoms with Gasteiger partial charge >= 0.3 is 0 Å². The molecule has 0 saturated carbocycles. The van der Waals surface area contributed by atoms with E-state index in [0.717, 1.165) is 6.20 Å². The predicted octanol–water partition coefficient (Wildman–Crippen LogP) is 5.14. The third-order valence-corrected chi connectivity index (χ3v) is 11.4. The summed E-state index contributed by atoms with van der Waals surface area (Å²) in [6, 6.07) is 9.30. The maximum absolute atomic E-state index is 14.8. The fraction of sp³-hybridized carbons (Fsp3) is 0.400. The Balaban J connectivity index is 1.66. The number of ether oxygens (including phenoxy) is 3. The minimum Gasteiger partial charge on any atom is -0.494 e. The maximum atomic E-state index is 14.8. The molecule has 4 heterocycles. The van der Waals surface area contributed by atoms with Crippen molar-refractivity contribution in [3.63, 3.8) is 0 Å². The second-order valence-corrected chi connectivity index (χ2v) is 19.9. The molecule has 0 aliphatic heterocycles. The van der Waals surface area contributed by atoms with Gasteiger partial charge in [-0.2, -0.15) is 0 Å². The summed E-state index contributed by atoms with van der Waals surface area (Å²) in [5, 5.41) is 7.85. The molecule has 0 spiro atoms. The molecule has 0 aliphatic carbocycles. The SMILES string of the molecule is COCn1cnc2c(C[C@H](C)S(=O)(=O)N(CC[Si](C)(C)C)c3nnc(-c4ccco4)n3-c3c(OC)cccc3OC)ncc(F)c21. The molecule has 0 N–H and O–H groups in total. The summed E-state index contributed by atoms with van der Waals surface area (Å²) in [5.74, 6) is 0.911. The largest absolute Gasteiger partial charge is 0.494 e. The van der Waals surface area contributed by atoms with E-state index in [1.165, 1.54) is 42.8 Å². The van der Waals surface area contributed by atoms with E-state index in [0.29, 0.717) is 34.7 Å². The number of anilines is 1. The Morgan fingerprint density at radius 3 is 2.37 bits per heavy atom. The quantitative estimate of drug-likeness (QED) is 0.146. The number of sulfonamides is 1. The molecule has 0 aliphatic rings. The average molecular weight is 672 g/mol. The van der Waals surface area contributed by atoms with E-state index in [2.05, 4.69) is 39.8 Å². The maximum Gasteiger partial charge on any atom is 0.246 e. The fourth-order valence-corrected chi connectivity index (χ4v) is 7.67. The van der Waals surface area contributed by atoms with E-state index in [4.69, 9.17) is 18.6 Å². The van der Waals surface area contributed by atoms with Crippen LogP contribution < -0.4 is 13.8 Å². The van der Waals surface area contributed by atoms with Gasteiger partial charge in [0.15, 0.2) is 11.6 Å². The molecule has 16 heteroatoms. The van der Waals surface area contributed by atoms with Crippen molar-refractivity contribution < 1.29 is 31.4 Å². The smallest absolute Gasteiger partial charge is 0.246 e. The van der Waals surface area contributed by atoms with E-state index in [9.17, 15) is 12.8 Å². The van der Waals surface area contributed by atoms with Crippen molar-refractivity contribution in [2.75, 3.05) is 32.2 Å². The first kappa shape index (κ1) is 33.1. The minimum absolute atomic E-state index is 0.0380. The number of pyridine rings is 1. The van der Waals surface area contributed by atoms with Crippen LogP contribution >= 0.6 is 0 Å². The van der Waals surface area contributed by atoms with E-state index in [1.54, 1.807) is 41.8 Å². The second-order valence-electron chi connectivity index (χ2n) is 12.0. The van der Waals surface area contributed by atoms with Gasteiger partial charge in [-0.1, -0.05) is 25.7 Å². The molecule has 4 aromatic heterocycles. The zero-order valence-electron chi connectivity index (χ0n) is 26.9. The molecule has 1 aromatic carbocycles. The van der Waals surface area contributed by atoms with Gasteiger partial charge in [-0.25, -0.2) is 22.1 Å². The van der Waals surface area contributed by atoms with Crippen molar-refractivity contribution in [1.29, 1.82) is 0 Å². The average Bonchev–Trinajstić information content (AvgIpc) is 3.78. The topological polar surface area (TPSA) is 140 Å². The molecule has 5 aromatic rings. The Labute approximate surface area is 268 Å². The minimum atomic E-state index is -4.16. The summed E-state index contributed by atoms with van der Waals surface area (Å²) < 4.78 is 70.8. The lowest BCUT2D eigenvalue weighted by Crippen LogP contribution is -2.42. The van der Waals surface area contributed by atoms with Crippen molar-refractivity contribution in [3.8, 4) is 28.8 Å². The van der Waals surface area contributed by atoms with Crippen molar-refractivity contribution >= 4 is 35.1 Å². The Bertz CT molecular complexity index is 1900. The molecule has 5 rings (SSSR count). The van der Waals surface area contributed by atoms with Crippen molar-refractivity contribution in [3.05, 3.63) is 60.6 Å². The number of furan rings is 1. The molecule has 13 nitrogen and oxygen atoms in total. The van der Waals surface area contributed by atoms with Crippen LogP contribution in [0.3, 0.4) is 0 Å². The number of fused-ring (bicyclic) bond motifs is 1. The van der Waals surface area contributed by atoms with Gasteiger partial charge in [-0.3, -0.25) is 9.55 Å². The van der Waals surface area contributed by atoms with Gasteiger partial charge in [0.1, 0.15) is 35.0 Å². The molecule has 0 bridgehead atoms. The summed E-state index contributed by atoms with van der Waals surface area (Å²) in [6.45, 7) is 8.31. The molecule has 46 heavy (non-hydrogen) atoms. The zero-order chi connectivity index (χ0) is 33.2. The number of rotatable bonds is 14.